The summed E-state index contributed by atoms with van der Waals surface area (Å²) in [5.41, 5.74) is 1.77. The average Bonchev–Trinajstić information content (AvgIpc) is 2.58. The van der Waals surface area contributed by atoms with Crippen molar-refractivity contribution < 1.29 is 9.18 Å². The average molecular weight is 308 g/mol. The first kappa shape index (κ1) is 16.9. The monoisotopic (exact) mass is 308 g/mol. The van der Waals surface area contributed by atoms with Crippen molar-refractivity contribution in [1.29, 1.82) is 0 Å². The first-order valence-electron chi connectivity index (χ1n) is 7.93. The molecule has 0 aliphatic heterocycles. The first-order chi connectivity index (χ1) is 11.3. The second kappa shape index (κ2) is 9.52. The number of unbranched alkanes of at least 4 members (excludes halogenated alkanes) is 2. The number of hydrogen-bond donors (Lipinski definition) is 0. The Labute approximate surface area is 137 Å². The van der Waals surface area contributed by atoms with Crippen LogP contribution in [0.15, 0.2) is 72.8 Å². The highest BCUT2D eigenvalue weighted by atomic mass is 19.1. The highest BCUT2D eigenvalue weighted by molar-refractivity contribution is 5.95. The van der Waals surface area contributed by atoms with Gasteiger partial charge in [-0.05, 0) is 49.1 Å². The molecule has 0 aliphatic carbocycles. The summed E-state index contributed by atoms with van der Waals surface area (Å²) >= 11 is 0. The maximum absolute atomic E-state index is 12.8. The lowest BCUT2D eigenvalue weighted by molar-refractivity contribution is 0.0979. The number of benzene rings is 2. The van der Waals surface area contributed by atoms with Gasteiger partial charge in [0, 0.05) is 12.0 Å². The van der Waals surface area contributed by atoms with E-state index in [0.717, 1.165) is 19.3 Å². The SMILES string of the molecule is O=C(CCCC/C=C/C=C/c1ccccc1)c1ccc(F)cc1. The van der Waals surface area contributed by atoms with E-state index in [1.165, 1.54) is 17.7 Å². The van der Waals surface area contributed by atoms with E-state index >= 15 is 0 Å². The van der Waals surface area contributed by atoms with Crippen LogP contribution in [0.5, 0.6) is 0 Å². The summed E-state index contributed by atoms with van der Waals surface area (Å²) in [6.07, 6.45) is 11.5. The summed E-state index contributed by atoms with van der Waals surface area (Å²) in [7, 11) is 0. The van der Waals surface area contributed by atoms with Crippen molar-refractivity contribution in [2.45, 2.75) is 25.7 Å². The fourth-order valence-corrected chi connectivity index (χ4v) is 2.23. The Morgan fingerprint density at radius 2 is 1.65 bits per heavy atom. The maximum Gasteiger partial charge on any atom is 0.162 e. The Hall–Kier alpha value is -2.48. The first-order valence-corrected chi connectivity index (χ1v) is 7.93. The largest absolute Gasteiger partial charge is 0.294 e. The van der Waals surface area contributed by atoms with Gasteiger partial charge in [0.2, 0.25) is 0 Å². The van der Waals surface area contributed by atoms with Crippen LogP contribution in [-0.2, 0) is 0 Å². The Kier molecular flexibility index (Phi) is 6.99. The molecule has 0 radical (unpaired) electrons. The third-order valence-electron chi connectivity index (χ3n) is 3.53. The molecule has 1 nitrogen and oxygen atoms in total. The van der Waals surface area contributed by atoms with Crippen molar-refractivity contribution in [3.8, 4) is 0 Å². The molecule has 0 atom stereocenters. The molecule has 0 amide bonds. The van der Waals surface area contributed by atoms with E-state index in [9.17, 15) is 9.18 Å². The molecule has 0 saturated carbocycles. The Morgan fingerprint density at radius 1 is 0.913 bits per heavy atom. The quantitative estimate of drug-likeness (QED) is 0.340. The van der Waals surface area contributed by atoms with Gasteiger partial charge in [0.05, 0.1) is 0 Å². The minimum Gasteiger partial charge on any atom is -0.294 e. The van der Waals surface area contributed by atoms with Crippen LogP contribution < -0.4 is 0 Å². The van der Waals surface area contributed by atoms with Crippen molar-refractivity contribution in [2.75, 3.05) is 0 Å². The van der Waals surface area contributed by atoms with Crippen LogP contribution >= 0.6 is 0 Å². The third kappa shape index (κ3) is 6.43. The minimum atomic E-state index is -0.310. The Bertz CT molecular complexity index is 654. The van der Waals surface area contributed by atoms with Crippen LogP contribution in [0.3, 0.4) is 0 Å². The van der Waals surface area contributed by atoms with Crippen molar-refractivity contribution in [3.63, 3.8) is 0 Å². The number of ketones is 1. The normalized spacial score (nSPS) is 11.3. The molecular weight excluding hydrogens is 287 g/mol. The summed E-state index contributed by atoms with van der Waals surface area (Å²) in [6, 6.07) is 15.9. The summed E-state index contributed by atoms with van der Waals surface area (Å²) < 4.78 is 12.8. The maximum atomic E-state index is 12.8. The minimum absolute atomic E-state index is 0.0814. The van der Waals surface area contributed by atoms with Crippen molar-refractivity contribution in [3.05, 3.63) is 89.8 Å². The number of allylic oxidation sites excluding steroid dienone is 3. The molecule has 118 valence electrons. The summed E-state index contributed by atoms with van der Waals surface area (Å²) in [5, 5.41) is 0. The molecule has 2 aromatic rings. The van der Waals surface area contributed by atoms with Crippen LogP contribution in [0, 0.1) is 5.82 Å². The van der Waals surface area contributed by atoms with E-state index in [4.69, 9.17) is 0 Å². The fourth-order valence-electron chi connectivity index (χ4n) is 2.23. The number of carbonyl (C=O) groups excluding carboxylic acids is 1. The van der Waals surface area contributed by atoms with Gasteiger partial charge in [-0.1, -0.05) is 54.6 Å². The zero-order chi connectivity index (χ0) is 16.3. The van der Waals surface area contributed by atoms with Gasteiger partial charge in [0.15, 0.2) is 5.78 Å². The standard InChI is InChI=1S/C21H21FO/c22-20-16-14-19(15-17-20)21(23)13-9-4-2-1-3-6-10-18-11-7-5-8-12-18/h1,3,5-8,10-12,14-17H,2,4,9,13H2/b3-1+,10-6+. The van der Waals surface area contributed by atoms with Crippen LogP contribution in [0.1, 0.15) is 41.6 Å². The fraction of sp³-hybridized carbons (Fsp3) is 0.190. The molecule has 23 heavy (non-hydrogen) atoms. The second-order valence-electron chi connectivity index (χ2n) is 5.37. The molecule has 2 rings (SSSR count). The molecule has 0 aromatic heterocycles. The molecule has 0 heterocycles. The van der Waals surface area contributed by atoms with Crippen molar-refractivity contribution in [1.82, 2.24) is 0 Å². The molecule has 0 spiro atoms. The van der Waals surface area contributed by atoms with Crippen LogP contribution in [-0.4, -0.2) is 5.78 Å². The van der Waals surface area contributed by atoms with Gasteiger partial charge in [0.25, 0.3) is 0 Å². The van der Waals surface area contributed by atoms with Crippen LogP contribution in [0.4, 0.5) is 4.39 Å². The molecule has 2 heteroatoms. The van der Waals surface area contributed by atoms with Gasteiger partial charge in [-0.25, -0.2) is 4.39 Å². The number of halogens is 1. The van der Waals surface area contributed by atoms with E-state index in [1.54, 1.807) is 12.1 Å². The highest BCUT2D eigenvalue weighted by Crippen LogP contribution is 2.10. The van der Waals surface area contributed by atoms with Gasteiger partial charge in [-0.15, -0.1) is 0 Å². The molecular formula is C21H21FO. The van der Waals surface area contributed by atoms with Crippen LogP contribution in [0.2, 0.25) is 0 Å². The lowest BCUT2D eigenvalue weighted by Crippen LogP contribution is -1.98. The topological polar surface area (TPSA) is 17.1 Å². The summed E-state index contributed by atoms with van der Waals surface area (Å²) in [5.74, 6) is -0.229. The van der Waals surface area contributed by atoms with Gasteiger partial charge >= 0.3 is 0 Å². The lowest BCUT2D eigenvalue weighted by Gasteiger charge is -2.00. The Balaban J connectivity index is 1.62. The zero-order valence-corrected chi connectivity index (χ0v) is 13.1. The van der Waals surface area contributed by atoms with Gasteiger partial charge in [-0.3, -0.25) is 4.79 Å². The highest BCUT2D eigenvalue weighted by Gasteiger charge is 2.04. The molecule has 0 fully saturated rings. The summed E-state index contributed by atoms with van der Waals surface area (Å²) in [4.78, 5) is 11.9. The second-order valence-corrected chi connectivity index (χ2v) is 5.37. The zero-order valence-electron chi connectivity index (χ0n) is 13.1. The van der Waals surface area contributed by atoms with Crippen LogP contribution in [0.25, 0.3) is 6.08 Å². The molecule has 0 saturated heterocycles. The van der Waals surface area contributed by atoms with E-state index in [2.05, 4.69) is 24.3 Å². The van der Waals surface area contributed by atoms with Crippen molar-refractivity contribution >= 4 is 11.9 Å². The summed E-state index contributed by atoms with van der Waals surface area (Å²) in [6.45, 7) is 0. The smallest absolute Gasteiger partial charge is 0.162 e. The Morgan fingerprint density at radius 3 is 2.39 bits per heavy atom. The molecule has 2 aromatic carbocycles. The molecule has 0 aliphatic rings. The number of rotatable bonds is 8. The van der Waals surface area contributed by atoms with Gasteiger partial charge in [0.1, 0.15) is 5.82 Å². The van der Waals surface area contributed by atoms with Gasteiger partial charge in [-0.2, -0.15) is 0 Å². The van der Waals surface area contributed by atoms with E-state index in [1.807, 2.05) is 30.4 Å². The number of carbonyl (C=O) groups is 1. The van der Waals surface area contributed by atoms with E-state index < -0.39 is 0 Å². The molecule has 0 bridgehead atoms. The third-order valence-corrected chi connectivity index (χ3v) is 3.53. The molecule has 0 N–H and O–H groups in total. The number of Topliss-reactive ketones (excluding diaryl/α,β-unsaturated/α-hetero) is 1. The predicted octanol–water partition coefficient (Wildman–Crippen LogP) is 5.84. The van der Waals surface area contributed by atoms with E-state index in [-0.39, 0.29) is 11.6 Å². The van der Waals surface area contributed by atoms with Crippen molar-refractivity contribution in [2.24, 2.45) is 0 Å². The lowest BCUT2D eigenvalue weighted by atomic mass is 10.0. The number of hydrogen-bond acceptors (Lipinski definition) is 1. The van der Waals surface area contributed by atoms with E-state index in [0.29, 0.717) is 12.0 Å². The molecule has 0 unspecified atom stereocenters. The predicted molar refractivity (Wildman–Crippen MR) is 93.8 cm³/mol. The van der Waals surface area contributed by atoms with Gasteiger partial charge < -0.3 is 0 Å².